The van der Waals surface area contributed by atoms with Crippen molar-refractivity contribution in [3.8, 4) is 0 Å². The summed E-state index contributed by atoms with van der Waals surface area (Å²) in [5.41, 5.74) is 2.19. The predicted molar refractivity (Wildman–Crippen MR) is 111 cm³/mol. The lowest BCUT2D eigenvalue weighted by Gasteiger charge is -2.32. The summed E-state index contributed by atoms with van der Waals surface area (Å²) in [6.07, 6.45) is 4.98. The summed E-state index contributed by atoms with van der Waals surface area (Å²) in [5.74, 6) is 3.60. The van der Waals surface area contributed by atoms with Crippen molar-refractivity contribution in [3.05, 3.63) is 35.4 Å². The first-order chi connectivity index (χ1) is 11.8. The number of amides is 1. The smallest absolute Gasteiger partial charge is 0.253 e. The van der Waals surface area contributed by atoms with E-state index in [4.69, 9.17) is 0 Å². The molecule has 3 fully saturated rings. The maximum atomic E-state index is 12.7. The van der Waals surface area contributed by atoms with Gasteiger partial charge in [0, 0.05) is 36.2 Å². The summed E-state index contributed by atoms with van der Waals surface area (Å²) in [4.78, 5) is 14.7. The zero-order valence-electron chi connectivity index (χ0n) is 14.5. The SMILES string of the molecule is Cl.O=C(c1ccc(C2SCCS2)cc1)N1CCC(NCC2CC2)CC1. The molecule has 3 aliphatic rings. The van der Waals surface area contributed by atoms with E-state index in [1.807, 2.05) is 40.6 Å². The Morgan fingerprint density at radius 3 is 2.28 bits per heavy atom. The van der Waals surface area contributed by atoms with Crippen LogP contribution in [-0.4, -0.2) is 48.0 Å². The van der Waals surface area contributed by atoms with Crippen LogP contribution in [0.3, 0.4) is 0 Å². The van der Waals surface area contributed by atoms with Gasteiger partial charge in [0.05, 0.1) is 4.58 Å². The normalized spacial score (nSPS) is 22.0. The lowest BCUT2D eigenvalue weighted by molar-refractivity contribution is 0.0705. The van der Waals surface area contributed by atoms with Gasteiger partial charge in [0.2, 0.25) is 0 Å². The number of nitrogens with one attached hydrogen (secondary N) is 1. The summed E-state index contributed by atoms with van der Waals surface area (Å²) in [6.45, 7) is 2.95. The van der Waals surface area contributed by atoms with Crippen LogP contribution in [0, 0.1) is 5.92 Å². The Bertz CT molecular complexity index is 565. The Balaban J connectivity index is 0.00000182. The molecule has 2 aliphatic heterocycles. The molecule has 0 atom stereocenters. The van der Waals surface area contributed by atoms with Gasteiger partial charge in [0.15, 0.2) is 0 Å². The molecular weight excluding hydrogens is 372 g/mol. The minimum atomic E-state index is 0. The summed E-state index contributed by atoms with van der Waals surface area (Å²) < 4.78 is 0.558. The lowest BCUT2D eigenvalue weighted by Crippen LogP contribution is -2.45. The van der Waals surface area contributed by atoms with Crippen LogP contribution < -0.4 is 5.32 Å². The van der Waals surface area contributed by atoms with Gasteiger partial charge in [-0.1, -0.05) is 12.1 Å². The van der Waals surface area contributed by atoms with E-state index in [0.717, 1.165) is 37.4 Å². The highest BCUT2D eigenvalue weighted by Crippen LogP contribution is 2.45. The van der Waals surface area contributed by atoms with Crippen LogP contribution in [0.1, 0.15) is 46.2 Å². The van der Waals surface area contributed by atoms with E-state index >= 15 is 0 Å². The molecule has 25 heavy (non-hydrogen) atoms. The third-order valence-electron chi connectivity index (χ3n) is 5.23. The summed E-state index contributed by atoms with van der Waals surface area (Å²) in [6, 6.07) is 8.94. The van der Waals surface area contributed by atoms with Crippen molar-refractivity contribution in [2.45, 2.75) is 36.3 Å². The number of benzene rings is 1. The fourth-order valence-corrected chi connectivity index (χ4v) is 6.32. The van der Waals surface area contributed by atoms with E-state index in [-0.39, 0.29) is 18.3 Å². The highest BCUT2D eigenvalue weighted by Gasteiger charge is 2.26. The molecule has 6 heteroatoms. The van der Waals surface area contributed by atoms with E-state index in [1.165, 1.54) is 36.5 Å². The number of thioether (sulfide) groups is 2. The average Bonchev–Trinajstić information content (AvgIpc) is 3.31. The second-order valence-electron chi connectivity index (χ2n) is 7.11. The van der Waals surface area contributed by atoms with E-state index in [2.05, 4.69) is 17.4 Å². The van der Waals surface area contributed by atoms with Gasteiger partial charge < -0.3 is 10.2 Å². The number of likely N-dealkylation sites (tertiary alicyclic amines) is 1. The van der Waals surface area contributed by atoms with Gasteiger partial charge in [-0.2, -0.15) is 0 Å². The number of piperidine rings is 1. The molecule has 1 aliphatic carbocycles. The fourth-order valence-electron chi connectivity index (χ4n) is 3.46. The third-order valence-corrected chi connectivity index (χ3v) is 8.33. The van der Waals surface area contributed by atoms with Crippen LogP contribution in [0.4, 0.5) is 0 Å². The van der Waals surface area contributed by atoms with Crippen molar-refractivity contribution in [1.29, 1.82) is 0 Å². The molecule has 0 radical (unpaired) electrons. The van der Waals surface area contributed by atoms with Gasteiger partial charge in [-0.05, 0) is 55.8 Å². The van der Waals surface area contributed by atoms with Crippen LogP contribution >= 0.6 is 35.9 Å². The lowest BCUT2D eigenvalue weighted by atomic mass is 10.0. The number of halogens is 1. The molecule has 2 heterocycles. The van der Waals surface area contributed by atoms with Crippen LogP contribution in [-0.2, 0) is 0 Å². The van der Waals surface area contributed by atoms with Crippen LogP contribution in [0.2, 0.25) is 0 Å². The van der Waals surface area contributed by atoms with Gasteiger partial charge in [-0.25, -0.2) is 0 Å². The molecule has 1 saturated carbocycles. The number of nitrogens with zero attached hydrogens (tertiary/aromatic N) is 1. The van der Waals surface area contributed by atoms with Crippen molar-refractivity contribution >= 4 is 41.8 Å². The van der Waals surface area contributed by atoms with E-state index in [0.29, 0.717) is 10.6 Å². The molecule has 2 saturated heterocycles. The molecule has 0 bridgehead atoms. The van der Waals surface area contributed by atoms with Crippen LogP contribution in [0.15, 0.2) is 24.3 Å². The number of hydrogen-bond donors (Lipinski definition) is 1. The maximum Gasteiger partial charge on any atom is 0.253 e. The second-order valence-corrected chi connectivity index (χ2v) is 9.84. The predicted octanol–water partition coefficient (Wildman–Crippen LogP) is 4.19. The minimum Gasteiger partial charge on any atom is -0.339 e. The van der Waals surface area contributed by atoms with E-state index in [1.54, 1.807) is 0 Å². The molecule has 0 spiro atoms. The number of carbonyl (C=O) groups excluding carboxylic acids is 1. The molecule has 4 rings (SSSR count). The van der Waals surface area contributed by atoms with Gasteiger partial charge in [-0.15, -0.1) is 35.9 Å². The molecule has 1 aromatic rings. The minimum absolute atomic E-state index is 0. The molecule has 1 N–H and O–H groups in total. The van der Waals surface area contributed by atoms with Crippen molar-refractivity contribution in [1.82, 2.24) is 10.2 Å². The van der Waals surface area contributed by atoms with E-state index < -0.39 is 0 Å². The monoisotopic (exact) mass is 398 g/mol. The molecular formula is C19H27ClN2OS2. The zero-order valence-corrected chi connectivity index (χ0v) is 16.9. The third kappa shape index (κ3) is 5.09. The molecule has 1 aromatic carbocycles. The topological polar surface area (TPSA) is 32.3 Å². The van der Waals surface area contributed by atoms with Gasteiger partial charge >= 0.3 is 0 Å². The van der Waals surface area contributed by atoms with Crippen molar-refractivity contribution in [2.24, 2.45) is 5.92 Å². The van der Waals surface area contributed by atoms with E-state index in [9.17, 15) is 4.79 Å². The number of hydrogen-bond acceptors (Lipinski definition) is 4. The van der Waals surface area contributed by atoms with Crippen LogP contribution in [0.25, 0.3) is 0 Å². The first kappa shape index (κ1) is 19.4. The molecule has 0 aromatic heterocycles. The Kier molecular flexibility index (Phi) is 7.01. The summed E-state index contributed by atoms with van der Waals surface area (Å²) in [5, 5.41) is 3.68. The zero-order chi connectivity index (χ0) is 16.4. The molecule has 1 amide bonds. The first-order valence-corrected chi connectivity index (χ1v) is 11.2. The van der Waals surface area contributed by atoms with Gasteiger partial charge in [0.1, 0.15) is 0 Å². The highest BCUT2D eigenvalue weighted by atomic mass is 35.5. The van der Waals surface area contributed by atoms with Gasteiger partial charge in [0.25, 0.3) is 5.91 Å². The van der Waals surface area contributed by atoms with Crippen molar-refractivity contribution in [3.63, 3.8) is 0 Å². The average molecular weight is 399 g/mol. The quantitative estimate of drug-likeness (QED) is 0.805. The maximum absolute atomic E-state index is 12.7. The standard InChI is InChI=1S/C19H26N2OS2.ClH/c22-18(15-3-5-16(6-4-15)19-23-11-12-24-19)21-9-7-17(8-10-21)20-13-14-1-2-14;/h3-6,14,17,19-20H,1-2,7-13H2;1H. The Labute approximate surface area is 165 Å². The highest BCUT2D eigenvalue weighted by molar-refractivity contribution is 8.19. The summed E-state index contributed by atoms with van der Waals surface area (Å²) in [7, 11) is 0. The molecule has 3 nitrogen and oxygen atoms in total. The Morgan fingerprint density at radius 1 is 1.04 bits per heavy atom. The molecule has 0 unspecified atom stereocenters. The van der Waals surface area contributed by atoms with Crippen molar-refractivity contribution in [2.75, 3.05) is 31.1 Å². The fraction of sp³-hybridized carbons (Fsp3) is 0.632. The second kappa shape index (κ2) is 9.03. The number of carbonyl (C=O) groups is 1. The molecule has 138 valence electrons. The first-order valence-electron chi connectivity index (χ1n) is 9.15. The summed E-state index contributed by atoms with van der Waals surface area (Å²) >= 11 is 4.02. The number of rotatable bonds is 5. The Morgan fingerprint density at radius 2 is 1.68 bits per heavy atom. The van der Waals surface area contributed by atoms with Gasteiger partial charge in [-0.3, -0.25) is 4.79 Å². The van der Waals surface area contributed by atoms with Crippen LogP contribution in [0.5, 0.6) is 0 Å². The van der Waals surface area contributed by atoms with Crippen molar-refractivity contribution < 1.29 is 4.79 Å². The Hall–Kier alpha value is -0.360. The largest absolute Gasteiger partial charge is 0.339 e.